The molecule has 1 aliphatic carbocycles. The molecule has 1 aliphatic rings. The molecule has 1 aromatic carbocycles. The summed E-state index contributed by atoms with van der Waals surface area (Å²) >= 11 is 9.68. The van der Waals surface area contributed by atoms with Gasteiger partial charge in [0.1, 0.15) is 0 Å². The summed E-state index contributed by atoms with van der Waals surface area (Å²) in [6.07, 6.45) is 6.43. The van der Waals surface area contributed by atoms with Gasteiger partial charge in [-0.2, -0.15) is 0 Å². The molecule has 2 nitrogen and oxygen atoms in total. The van der Waals surface area contributed by atoms with E-state index in [1.54, 1.807) is 6.07 Å². The van der Waals surface area contributed by atoms with Crippen molar-refractivity contribution in [2.24, 2.45) is 0 Å². The second-order valence-corrected chi connectivity index (χ2v) is 5.60. The van der Waals surface area contributed by atoms with Crippen LogP contribution in [-0.4, -0.2) is 6.04 Å². The Morgan fingerprint density at radius 3 is 2.56 bits per heavy atom. The highest BCUT2D eigenvalue weighted by atomic mass is 79.9. The Morgan fingerprint density at radius 1 is 1.25 bits per heavy atom. The Bertz CT molecular complexity index is 352. The third kappa shape index (κ3) is 2.83. The van der Waals surface area contributed by atoms with Gasteiger partial charge in [0.05, 0.1) is 10.7 Å². The minimum Gasteiger partial charge on any atom is -0.399 e. The number of rotatable bonds is 2. The van der Waals surface area contributed by atoms with Gasteiger partial charge >= 0.3 is 0 Å². The largest absolute Gasteiger partial charge is 0.399 e. The van der Waals surface area contributed by atoms with Gasteiger partial charge in [-0.15, -0.1) is 0 Å². The van der Waals surface area contributed by atoms with Crippen molar-refractivity contribution in [1.82, 2.24) is 0 Å². The monoisotopic (exact) mass is 302 g/mol. The van der Waals surface area contributed by atoms with Gasteiger partial charge in [0, 0.05) is 16.2 Å². The maximum Gasteiger partial charge on any atom is 0.0677 e. The number of hydrogen-bond donors (Lipinski definition) is 2. The first kappa shape index (κ1) is 12.1. The molecule has 0 spiro atoms. The minimum atomic E-state index is 0.547. The molecule has 0 aliphatic heterocycles. The zero-order valence-electron chi connectivity index (χ0n) is 9.10. The number of anilines is 2. The van der Waals surface area contributed by atoms with Gasteiger partial charge in [-0.3, -0.25) is 0 Å². The molecule has 4 heteroatoms. The second-order valence-electron chi connectivity index (χ2n) is 4.34. The molecular formula is C12H16BrClN2. The van der Waals surface area contributed by atoms with Crippen LogP contribution in [0.15, 0.2) is 16.6 Å². The van der Waals surface area contributed by atoms with Crippen LogP contribution in [-0.2, 0) is 0 Å². The molecule has 1 saturated carbocycles. The Morgan fingerprint density at radius 2 is 1.94 bits per heavy atom. The maximum atomic E-state index is 6.18. The van der Waals surface area contributed by atoms with Gasteiger partial charge in [0.15, 0.2) is 0 Å². The zero-order valence-corrected chi connectivity index (χ0v) is 11.4. The quantitative estimate of drug-likeness (QED) is 0.793. The first-order valence-electron chi connectivity index (χ1n) is 5.68. The average molecular weight is 304 g/mol. The van der Waals surface area contributed by atoms with Crippen molar-refractivity contribution in [3.05, 3.63) is 21.6 Å². The molecular weight excluding hydrogens is 288 g/mol. The summed E-state index contributed by atoms with van der Waals surface area (Å²) in [4.78, 5) is 0. The van der Waals surface area contributed by atoms with E-state index in [0.29, 0.717) is 16.8 Å². The molecule has 0 bridgehead atoms. The molecule has 0 radical (unpaired) electrons. The van der Waals surface area contributed by atoms with Crippen LogP contribution in [0.4, 0.5) is 11.4 Å². The van der Waals surface area contributed by atoms with Gasteiger partial charge < -0.3 is 11.1 Å². The molecule has 88 valence electrons. The molecule has 0 unspecified atom stereocenters. The number of nitrogens with two attached hydrogens (primary N) is 1. The number of benzene rings is 1. The molecule has 0 aromatic heterocycles. The van der Waals surface area contributed by atoms with Crippen LogP contribution >= 0.6 is 27.5 Å². The fourth-order valence-electron chi connectivity index (χ4n) is 2.18. The fourth-order valence-corrected chi connectivity index (χ4v) is 3.17. The lowest BCUT2D eigenvalue weighted by Crippen LogP contribution is -2.22. The summed E-state index contributed by atoms with van der Waals surface area (Å²) in [6, 6.07) is 4.22. The Balaban J connectivity index is 2.14. The van der Waals surface area contributed by atoms with E-state index in [9.17, 15) is 0 Å². The summed E-state index contributed by atoms with van der Waals surface area (Å²) < 4.78 is 0.947. The Labute approximate surface area is 110 Å². The number of halogens is 2. The molecule has 0 atom stereocenters. The third-order valence-corrected chi connectivity index (χ3v) is 3.94. The van der Waals surface area contributed by atoms with Gasteiger partial charge in [0.2, 0.25) is 0 Å². The van der Waals surface area contributed by atoms with Crippen molar-refractivity contribution in [3.8, 4) is 0 Å². The van der Waals surface area contributed by atoms with Gasteiger partial charge in [-0.05, 0) is 40.9 Å². The van der Waals surface area contributed by atoms with Crippen LogP contribution in [0.1, 0.15) is 32.1 Å². The normalized spacial score (nSPS) is 17.4. The topological polar surface area (TPSA) is 38.0 Å². The van der Waals surface area contributed by atoms with Crippen molar-refractivity contribution < 1.29 is 0 Å². The van der Waals surface area contributed by atoms with Crippen LogP contribution in [0.2, 0.25) is 5.02 Å². The van der Waals surface area contributed by atoms with Crippen molar-refractivity contribution in [2.75, 3.05) is 11.1 Å². The van der Waals surface area contributed by atoms with E-state index in [1.807, 2.05) is 6.07 Å². The smallest absolute Gasteiger partial charge is 0.0677 e. The van der Waals surface area contributed by atoms with Gasteiger partial charge in [-0.25, -0.2) is 0 Å². The molecule has 3 N–H and O–H groups in total. The fraction of sp³-hybridized carbons (Fsp3) is 0.500. The van der Waals surface area contributed by atoms with E-state index in [0.717, 1.165) is 10.2 Å². The summed E-state index contributed by atoms with van der Waals surface area (Å²) in [7, 11) is 0. The lowest BCUT2D eigenvalue weighted by molar-refractivity contribution is 0.462. The summed E-state index contributed by atoms with van der Waals surface area (Å²) in [5, 5.41) is 4.20. The molecule has 1 fully saturated rings. The Kier molecular flexibility index (Phi) is 3.98. The number of hydrogen-bond acceptors (Lipinski definition) is 2. The predicted octanol–water partition coefficient (Wildman–Crippen LogP) is 4.43. The van der Waals surface area contributed by atoms with E-state index in [2.05, 4.69) is 21.2 Å². The number of nitrogens with one attached hydrogen (secondary N) is 1. The van der Waals surface area contributed by atoms with E-state index in [1.165, 1.54) is 32.1 Å². The van der Waals surface area contributed by atoms with E-state index >= 15 is 0 Å². The minimum absolute atomic E-state index is 0.547. The highest BCUT2D eigenvalue weighted by molar-refractivity contribution is 9.10. The van der Waals surface area contributed by atoms with Crippen LogP contribution in [0.25, 0.3) is 0 Å². The highest BCUT2D eigenvalue weighted by Crippen LogP contribution is 2.35. The standard InChI is InChI=1S/C12H16BrClN2/c13-10-6-8(15)7-11(14)12(10)16-9-4-2-1-3-5-9/h6-7,9,16H,1-5,15H2. The summed E-state index contributed by atoms with van der Waals surface area (Å²) in [6.45, 7) is 0. The van der Waals surface area contributed by atoms with Crippen LogP contribution in [0, 0.1) is 0 Å². The van der Waals surface area contributed by atoms with Crippen LogP contribution in [0.3, 0.4) is 0 Å². The zero-order chi connectivity index (χ0) is 11.5. The molecule has 1 aromatic rings. The molecule has 2 rings (SSSR count). The van der Waals surface area contributed by atoms with Crippen molar-refractivity contribution in [1.29, 1.82) is 0 Å². The van der Waals surface area contributed by atoms with Gasteiger partial charge in [-0.1, -0.05) is 30.9 Å². The molecule has 0 heterocycles. The molecule has 0 amide bonds. The van der Waals surface area contributed by atoms with Crippen LogP contribution in [0.5, 0.6) is 0 Å². The first-order chi connectivity index (χ1) is 7.66. The predicted molar refractivity (Wildman–Crippen MR) is 74.1 cm³/mol. The highest BCUT2D eigenvalue weighted by Gasteiger charge is 2.16. The van der Waals surface area contributed by atoms with Crippen molar-refractivity contribution >= 4 is 38.9 Å². The maximum absolute atomic E-state index is 6.18. The summed E-state index contributed by atoms with van der Waals surface area (Å²) in [5.74, 6) is 0. The van der Waals surface area contributed by atoms with Crippen LogP contribution < -0.4 is 11.1 Å². The number of nitrogen functional groups attached to an aromatic ring is 1. The average Bonchev–Trinajstić information content (AvgIpc) is 2.25. The van der Waals surface area contributed by atoms with E-state index < -0.39 is 0 Å². The first-order valence-corrected chi connectivity index (χ1v) is 6.85. The van der Waals surface area contributed by atoms with Crippen molar-refractivity contribution in [3.63, 3.8) is 0 Å². The van der Waals surface area contributed by atoms with Crippen molar-refractivity contribution in [2.45, 2.75) is 38.1 Å². The third-order valence-electron chi connectivity index (χ3n) is 3.02. The molecule has 0 saturated heterocycles. The van der Waals surface area contributed by atoms with E-state index in [4.69, 9.17) is 17.3 Å². The molecule has 16 heavy (non-hydrogen) atoms. The summed E-state index contributed by atoms with van der Waals surface area (Å²) in [5.41, 5.74) is 7.38. The van der Waals surface area contributed by atoms with E-state index in [-0.39, 0.29) is 0 Å². The van der Waals surface area contributed by atoms with Gasteiger partial charge in [0.25, 0.3) is 0 Å². The second kappa shape index (κ2) is 5.28. The Hall–Kier alpha value is -0.410. The lowest BCUT2D eigenvalue weighted by Gasteiger charge is -2.25. The lowest BCUT2D eigenvalue weighted by atomic mass is 9.95. The SMILES string of the molecule is Nc1cc(Cl)c(NC2CCCCC2)c(Br)c1.